The van der Waals surface area contributed by atoms with E-state index in [1.54, 1.807) is 0 Å². The van der Waals surface area contributed by atoms with Gasteiger partial charge in [-0.05, 0) is 38.4 Å². The van der Waals surface area contributed by atoms with Crippen molar-refractivity contribution in [1.82, 2.24) is 4.90 Å². The molecule has 1 saturated heterocycles. The van der Waals surface area contributed by atoms with Crippen molar-refractivity contribution in [2.45, 2.75) is 25.7 Å². The van der Waals surface area contributed by atoms with Crippen LogP contribution in [0.2, 0.25) is 0 Å². The van der Waals surface area contributed by atoms with E-state index in [0.717, 1.165) is 32.1 Å². The number of likely N-dealkylation sites (tertiary alicyclic amines) is 1. The Morgan fingerprint density at radius 3 is 2.50 bits per heavy atom. The first kappa shape index (κ1) is 18.6. The molecule has 22 heavy (non-hydrogen) atoms. The number of hydrogen-bond donors (Lipinski definition) is 1. The number of carbonyl (C=O) groups is 1. The molecule has 1 aromatic rings. The highest BCUT2D eigenvalue weighted by Crippen LogP contribution is 2.22. The van der Waals surface area contributed by atoms with E-state index in [9.17, 15) is 13.6 Å². The van der Waals surface area contributed by atoms with Gasteiger partial charge in [-0.3, -0.25) is 0 Å². The molecule has 0 saturated carbocycles. The third kappa shape index (κ3) is 5.10. The van der Waals surface area contributed by atoms with Gasteiger partial charge in [0.25, 0.3) is 0 Å². The summed E-state index contributed by atoms with van der Waals surface area (Å²) in [4.78, 5) is 13.0. The Hall–Kier alpha value is -1.40. The largest absolute Gasteiger partial charge is 0.490 e. The van der Waals surface area contributed by atoms with Crippen molar-refractivity contribution < 1.29 is 23.4 Å². The quantitative estimate of drug-likeness (QED) is 0.810. The van der Waals surface area contributed by atoms with Gasteiger partial charge in [-0.2, -0.15) is 0 Å². The van der Waals surface area contributed by atoms with Gasteiger partial charge in [-0.25, -0.2) is 13.6 Å². The smallest absolute Gasteiger partial charge is 0.338 e. The SMILES string of the molecule is Cl.O=C(O)c1cc(F)c(OCCCN2CCCCC2)cc1F. The number of rotatable bonds is 6. The summed E-state index contributed by atoms with van der Waals surface area (Å²) >= 11 is 0. The number of ether oxygens (including phenoxy) is 1. The summed E-state index contributed by atoms with van der Waals surface area (Å²) in [5.74, 6) is -3.58. The lowest BCUT2D eigenvalue weighted by molar-refractivity contribution is 0.0691. The number of hydrogen-bond acceptors (Lipinski definition) is 3. The van der Waals surface area contributed by atoms with Gasteiger partial charge >= 0.3 is 5.97 Å². The molecule has 0 aliphatic carbocycles. The number of piperidine rings is 1. The zero-order valence-electron chi connectivity index (χ0n) is 12.2. The summed E-state index contributed by atoms with van der Waals surface area (Å²) in [6, 6.07) is 1.44. The van der Waals surface area contributed by atoms with Crippen LogP contribution in [0.25, 0.3) is 0 Å². The molecule has 2 rings (SSSR count). The van der Waals surface area contributed by atoms with Crippen molar-refractivity contribution in [1.29, 1.82) is 0 Å². The highest BCUT2D eigenvalue weighted by molar-refractivity contribution is 5.88. The summed E-state index contributed by atoms with van der Waals surface area (Å²) in [5.41, 5.74) is -0.687. The summed E-state index contributed by atoms with van der Waals surface area (Å²) in [7, 11) is 0. The molecule has 1 aliphatic heterocycles. The van der Waals surface area contributed by atoms with Crippen LogP contribution in [0, 0.1) is 11.6 Å². The van der Waals surface area contributed by atoms with E-state index in [1.807, 2.05) is 0 Å². The van der Waals surface area contributed by atoms with Crippen molar-refractivity contribution in [2.75, 3.05) is 26.2 Å². The molecule has 0 radical (unpaired) electrons. The van der Waals surface area contributed by atoms with Gasteiger partial charge in [-0.15, -0.1) is 12.4 Å². The van der Waals surface area contributed by atoms with Gasteiger partial charge in [0.05, 0.1) is 12.2 Å². The average molecular weight is 336 g/mol. The normalized spacial score (nSPS) is 15.2. The van der Waals surface area contributed by atoms with Gasteiger partial charge in [0.2, 0.25) is 0 Å². The molecular formula is C15H20ClF2NO3. The fourth-order valence-electron chi connectivity index (χ4n) is 2.46. The van der Waals surface area contributed by atoms with Crippen LogP contribution in [-0.2, 0) is 0 Å². The topological polar surface area (TPSA) is 49.8 Å². The first-order valence-corrected chi connectivity index (χ1v) is 7.15. The van der Waals surface area contributed by atoms with E-state index in [-0.39, 0.29) is 24.8 Å². The Morgan fingerprint density at radius 2 is 1.86 bits per heavy atom. The monoisotopic (exact) mass is 335 g/mol. The van der Waals surface area contributed by atoms with Crippen molar-refractivity contribution in [3.63, 3.8) is 0 Å². The van der Waals surface area contributed by atoms with E-state index in [0.29, 0.717) is 6.07 Å². The Balaban J connectivity index is 0.00000242. The van der Waals surface area contributed by atoms with Gasteiger partial charge in [0.15, 0.2) is 11.6 Å². The molecule has 0 bridgehead atoms. The van der Waals surface area contributed by atoms with E-state index < -0.39 is 23.2 Å². The lowest BCUT2D eigenvalue weighted by atomic mass is 10.1. The second-order valence-electron chi connectivity index (χ2n) is 5.17. The third-order valence-corrected chi connectivity index (χ3v) is 3.58. The summed E-state index contributed by atoms with van der Waals surface area (Å²) < 4.78 is 32.3. The van der Waals surface area contributed by atoms with Gasteiger partial charge in [0.1, 0.15) is 5.82 Å². The van der Waals surface area contributed by atoms with E-state index in [1.165, 1.54) is 19.3 Å². The Bertz CT molecular complexity index is 508. The fourth-order valence-corrected chi connectivity index (χ4v) is 2.46. The van der Waals surface area contributed by atoms with E-state index in [2.05, 4.69) is 4.90 Å². The number of carboxylic acids is 1. The average Bonchev–Trinajstić information content (AvgIpc) is 2.47. The lowest BCUT2D eigenvalue weighted by Crippen LogP contribution is -2.31. The number of halogens is 3. The minimum absolute atomic E-state index is 0. The predicted octanol–water partition coefficient (Wildman–Crippen LogP) is 3.34. The molecular weight excluding hydrogens is 316 g/mol. The minimum Gasteiger partial charge on any atom is -0.490 e. The van der Waals surface area contributed by atoms with Crippen LogP contribution in [0.4, 0.5) is 8.78 Å². The molecule has 0 amide bonds. The molecule has 1 aliphatic rings. The van der Waals surface area contributed by atoms with Crippen molar-refractivity contribution in [3.8, 4) is 5.75 Å². The first-order valence-electron chi connectivity index (χ1n) is 7.15. The second-order valence-corrected chi connectivity index (χ2v) is 5.17. The maximum atomic E-state index is 13.6. The molecule has 1 fully saturated rings. The Labute approximate surface area is 134 Å². The molecule has 0 unspecified atom stereocenters. The summed E-state index contributed by atoms with van der Waals surface area (Å²) in [6.45, 7) is 3.31. The maximum Gasteiger partial charge on any atom is 0.338 e. The van der Waals surface area contributed by atoms with Crippen LogP contribution in [0.15, 0.2) is 12.1 Å². The molecule has 1 aromatic carbocycles. The van der Waals surface area contributed by atoms with Gasteiger partial charge in [-0.1, -0.05) is 6.42 Å². The summed E-state index contributed by atoms with van der Waals surface area (Å²) in [5, 5.41) is 8.69. The number of nitrogens with zero attached hydrogens (tertiary/aromatic N) is 1. The molecule has 0 aromatic heterocycles. The number of benzene rings is 1. The molecule has 4 nitrogen and oxygen atoms in total. The van der Waals surface area contributed by atoms with Crippen molar-refractivity contribution >= 4 is 18.4 Å². The Morgan fingerprint density at radius 1 is 1.18 bits per heavy atom. The highest BCUT2D eigenvalue weighted by Gasteiger charge is 2.16. The molecule has 7 heteroatoms. The van der Waals surface area contributed by atoms with E-state index in [4.69, 9.17) is 9.84 Å². The molecule has 1 N–H and O–H groups in total. The first-order chi connectivity index (χ1) is 10.1. The van der Waals surface area contributed by atoms with Crippen LogP contribution < -0.4 is 4.74 Å². The highest BCUT2D eigenvalue weighted by atomic mass is 35.5. The molecule has 0 spiro atoms. The predicted molar refractivity (Wildman–Crippen MR) is 81.0 cm³/mol. The number of aromatic carboxylic acids is 1. The number of carboxylic acid groups (broad SMARTS) is 1. The van der Waals surface area contributed by atoms with Gasteiger partial charge in [0, 0.05) is 12.6 Å². The second kappa shape index (κ2) is 8.90. The molecule has 0 atom stereocenters. The van der Waals surface area contributed by atoms with Crippen LogP contribution in [0.5, 0.6) is 5.75 Å². The van der Waals surface area contributed by atoms with Crippen LogP contribution in [-0.4, -0.2) is 42.2 Å². The van der Waals surface area contributed by atoms with Crippen LogP contribution >= 0.6 is 12.4 Å². The zero-order chi connectivity index (χ0) is 15.2. The lowest BCUT2D eigenvalue weighted by Gasteiger charge is -2.26. The van der Waals surface area contributed by atoms with E-state index >= 15 is 0 Å². The summed E-state index contributed by atoms with van der Waals surface area (Å²) in [6.07, 6.45) is 4.41. The van der Waals surface area contributed by atoms with Gasteiger partial charge < -0.3 is 14.7 Å². The standard InChI is InChI=1S/C15H19F2NO3.ClH/c16-12-10-14(13(17)9-11(12)15(19)20)21-8-4-7-18-5-2-1-3-6-18;/h9-10H,1-8H2,(H,19,20);1H. The Kier molecular flexibility index (Phi) is 7.55. The van der Waals surface area contributed by atoms with Crippen LogP contribution in [0.3, 0.4) is 0 Å². The maximum absolute atomic E-state index is 13.6. The van der Waals surface area contributed by atoms with Crippen molar-refractivity contribution in [3.05, 3.63) is 29.3 Å². The van der Waals surface area contributed by atoms with Crippen molar-refractivity contribution in [2.24, 2.45) is 0 Å². The fraction of sp³-hybridized carbons (Fsp3) is 0.533. The third-order valence-electron chi connectivity index (χ3n) is 3.58. The molecule has 1 heterocycles. The zero-order valence-corrected chi connectivity index (χ0v) is 13.0. The molecule has 124 valence electrons. The minimum atomic E-state index is -1.50. The van der Waals surface area contributed by atoms with Crippen LogP contribution in [0.1, 0.15) is 36.0 Å².